The lowest BCUT2D eigenvalue weighted by atomic mass is 10.1. The number of aromatic nitrogens is 1. The highest BCUT2D eigenvalue weighted by Gasteiger charge is 2.10. The van der Waals surface area contributed by atoms with E-state index in [0.717, 1.165) is 38.4 Å². The predicted octanol–water partition coefficient (Wildman–Crippen LogP) is 3.37. The minimum Gasteiger partial charge on any atom is -0.361 e. The second kappa shape index (κ2) is 11.4. The van der Waals surface area contributed by atoms with Crippen molar-refractivity contribution in [1.29, 1.82) is 0 Å². The number of benzene rings is 1. The Kier molecular flexibility index (Phi) is 9.25. The van der Waals surface area contributed by atoms with Crippen LogP contribution in [-0.4, -0.2) is 55.1 Å². The van der Waals surface area contributed by atoms with E-state index < -0.39 is 0 Å². The molecule has 0 amide bonds. The van der Waals surface area contributed by atoms with Gasteiger partial charge in [-0.15, -0.1) is 24.0 Å². The first kappa shape index (κ1) is 21.0. The van der Waals surface area contributed by atoms with Crippen molar-refractivity contribution in [3.05, 3.63) is 36.0 Å². The predicted molar refractivity (Wildman–Crippen MR) is 122 cm³/mol. The molecule has 1 aliphatic rings. The maximum absolute atomic E-state index is 4.72. The fraction of sp³-hybridized carbons (Fsp3) is 0.550. The van der Waals surface area contributed by atoms with Gasteiger partial charge >= 0.3 is 0 Å². The van der Waals surface area contributed by atoms with Crippen molar-refractivity contribution in [2.45, 2.75) is 32.6 Å². The molecule has 2 aromatic rings. The van der Waals surface area contributed by atoms with Crippen LogP contribution in [0.25, 0.3) is 10.9 Å². The fourth-order valence-corrected chi connectivity index (χ4v) is 3.49. The number of H-pyrrole nitrogens is 1. The summed E-state index contributed by atoms with van der Waals surface area (Å²) in [5.41, 5.74) is 2.56. The van der Waals surface area contributed by atoms with Crippen molar-refractivity contribution in [2.24, 2.45) is 4.99 Å². The number of aliphatic imine (C=N–C) groups is 1. The highest BCUT2D eigenvalue weighted by atomic mass is 127. The first-order valence-electron chi connectivity index (χ1n) is 9.66. The van der Waals surface area contributed by atoms with Crippen LogP contribution in [0, 0.1) is 0 Å². The Hall–Kier alpha value is -1.28. The van der Waals surface area contributed by atoms with Crippen molar-refractivity contribution in [3.8, 4) is 0 Å². The summed E-state index contributed by atoms with van der Waals surface area (Å²) in [6.07, 6.45) is 6.97. The van der Waals surface area contributed by atoms with E-state index in [1.54, 1.807) is 0 Å². The van der Waals surface area contributed by atoms with Crippen molar-refractivity contribution in [2.75, 3.05) is 39.3 Å². The van der Waals surface area contributed by atoms with Crippen molar-refractivity contribution in [3.63, 3.8) is 0 Å². The van der Waals surface area contributed by atoms with Gasteiger partial charge in [0.25, 0.3) is 0 Å². The van der Waals surface area contributed by atoms with Gasteiger partial charge in [-0.1, -0.05) is 18.2 Å². The third kappa shape index (κ3) is 6.16. The smallest absolute Gasteiger partial charge is 0.191 e. The van der Waals surface area contributed by atoms with Crippen LogP contribution in [0.5, 0.6) is 0 Å². The van der Waals surface area contributed by atoms with E-state index in [1.807, 2.05) is 0 Å². The van der Waals surface area contributed by atoms with Gasteiger partial charge < -0.3 is 20.5 Å². The summed E-state index contributed by atoms with van der Waals surface area (Å²) in [5, 5.41) is 8.13. The van der Waals surface area contributed by atoms with Crippen molar-refractivity contribution in [1.82, 2.24) is 20.5 Å². The molecule has 0 aliphatic carbocycles. The first-order chi connectivity index (χ1) is 12.4. The minimum absolute atomic E-state index is 0. The molecule has 0 radical (unpaired) electrons. The lowest BCUT2D eigenvalue weighted by Gasteiger charge is -2.14. The van der Waals surface area contributed by atoms with Crippen LogP contribution in [0.15, 0.2) is 35.5 Å². The van der Waals surface area contributed by atoms with E-state index >= 15 is 0 Å². The van der Waals surface area contributed by atoms with Crippen LogP contribution in [0.3, 0.4) is 0 Å². The summed E-state index contributed by atoms with van der Waals surface area (Å²) in [6, 6.07) is 8.47. The number of nitrogens with zero attached hydrogens (tertiary/aromatic N) is 2. The number of rotatable bonds is 8. The summed E-state index contributed by atoms with van der Waals surface area (Å²) < 4.78 is 0. The molecule has 3 N–H and O–H groups in total. The van der Waals surface area contributed by atoms with E-state index in [1.165, 1.54) is 48.9 Å². The summed E-state index contributed by atoms with van der Waals surface area (Å²) in [5.74, 6) is 0.934. The Morgan fingerprint density at radius 1 is 1.19 bits per heavy atom. The second-order valence-corrected chi connectivity index (χ2v) is 6.70. The highest BCUT2D eigenvalue weighted by Crippen LogP contribution is 2.17. The molecule has 1 fully saturated rings. The third-order valence-corrected chi connectivity index (χ3v) is 4.81. The number of guanidine groups is 1. The Morgan fingerprint density at radius 3 is 2.81 bits per heavy atom. The highest BCUT2D eigenvalue weighted by molar-refractivity contribution is 14.0. The number of hydrogen-bond donors (Lipinski definition) is 3. The normalized spacial score (nSPS) is 15.2. The molecule has 6 heteroatoms. The molecule has 1 aromatic carbocycles. The number of halogens is 1. The lowest BCUT2D eigenvalue weighted by Crippen LogP contribution is -2.38. The van der Waals surface area contributed by atoms with E-state index in [-0.39, 0.29) is 24.0 Å². The van der Waals surface area contributed by atoms with Crippen LogP contribution < -0.4 is 10.6 Å². The van der Waals surface area contributed by atoms with E-state index in [9.17, 15) is 0 Å². The molecule has 3 rings (SSSR count). The van der Waals surface area contributed by atoms with Gasteiger partial charge in [0.2, 0.25) is 0 Å². The van der Waals surface area contributed by atoms with Crippen molar-refractivity contribution >= 4 is 40.8 Å². The zero-order valence-corrected chi connectivity index (χ0v) is 18.1. The van der Waals surface area contributed by atoms with Gasteiger partial charge in [0, 0.05) is 36.7 Å². The summed E-state index contributed by atoms with van der Waals surface area (Å²) >= 11 is 0. The molecule has 0 spiro atoms. The maximum Gasteiger partial charge on any atom is 0.191 e. The molecule has 26 heavy (non-hydrogen) atoms. The average Bonchev–Trinajstić information content (AvgIpc) is 3.29. The number of nitrogens with one attached hydrogen (secondary N) is 3. The molecule has 0 atom stereocenters. The third-order valence-electron chi connectivity index (χ3n) is 4.81. The Bertz CT molecular complexity index is 676. The lowest BCUT2D eigenvalue weighted by molar-refractivity contribution is 0.336. The number of fused-ring (bicyclic) bond motifs is 1. The standard InChI is InChI=1S/C20H31N5.HI/c1-2-21-20(22-11-7-15-25-13-5-6-14-25)23-12-10-17-16-24-19-9-4-3-8-18(17)19;/h3-4,8-9,16,24H,2,5-7,10-15H2,1H3,(H2,21,22,23);1H. The fourth-order valence-electron chi connectivity index (χ4n) is 3.49. The summed E-state index contributed by atoms with van der Waals surface area (Å²) in [6.45, 7) is 8.50. The largest absolute Gasteiger partial charge is 0.361 e. The summed E-state index contributed by atoms with van der Waals surface area (Å²) in [4.78, 5) is 10.6. The molecular weight excluding hydrogens is 437 g/mol. The van der Waals surface area contributed by atoms with E-state index in [2.05, 4.69) is 57.9 Å². The Morgan fingerprint density at radius 2 is 2.00 bits per heavy atom. The quantitative estimate of drug-likeness (QED) is 0.241. The van der Waals surface area contributed by atoms with E-state index in [0.29, 0.717) is 0 Å². The topological polar surface area (TPSA) is 55.5 Å². The van der Waals surface area contributed by atoms with Gasteiger partial charge in [-0.25, -0.2) is 0 Å². The maximum atomic E-state index is 4.72. The molecule has 0 bridgehead atoms. The van der Waals surface area contributed by atoms with Gasteiger partial charge in [-0.05, 0) is 63.9 Å². The minimum atomic E-state index is 0. The Balaban J connectivity index is 0.00000243. The number of para-hydroxylation sites is 1. The van der Waals surface area contributed by atoms with Gasteiger partial charge in [-0.3, -0.25) is 4.99 Å². The van der Waals surface area contributed by atoms with Crippen molar-refractivity contribution < 1.29 is 0 Å². The van der Waals surface area contributed by atoms with Gasteiger partial charge in [-0.2, -0.15) is 0 Å². The summed E-state index contributed by atoms with van der Waals surface area (Å²) in [7, 11) is 0. The van der Waals surface area contributed by atoms with Crippen LogP contribution in [0.2, 0.25) is 0 Å². The Labute approximate surface area is 174 Å². The number of hydrogen-bond acceptors (Lipinski definition) is 2. The first-order valence-corrected chi connectivity index (χ1v) is 9.66. The molecule has 144 valence electrons. The van der Waals surface area contributed by atoms with Gasteiger partial charge in [0.05, 0.1) is 0 Å². The molecule has 0 unspecified atom stereocenters. The van der Waals surface area contributed by atoms with E-state index in [4.69, 9.17) is 4.99 Å². The average molecular weight is 469 g/mol. The zero-order valence-electron chi connectivity index (χ0n) is 15.8. The van der Waals surface area contributed by atoms with Crippen LogP contribution >= 0.6 is 24.0 Å². The van der Waals surface area contributed by atoms with Gasteiger partial charge in [0.1, 0.15) is 0 Å². The molecule has 1 saturated heterocycles. The number of likely N-dealkylation sites (tertiary alicyclic amines) is 1. The number of aromatic amines is 1. The molecule has 0 saturated carbocycles. The molecule has 1 aromatic heterocycles. The molecule has 2 heterocycles. The molecule has 5 nitrogen and oxygen atoms in total. The molecular formula is C20H32IN5. The zero-order chi connectivity index (χ0) is 17.3. The van der Waals surface area contributed by atoms with Crippen LogP contribution in [-0.2, 0) is 6.42 Å². The monoisotopic (exact) mass is 469 g/mol. The molecule has 1 aliphatic heterocycles. The van der Waals surface area contributed by atoms with Crippen LogP contribution in [0.1, 0.15) is 31.7 Å². The van der Waals surface area contributed by atoms with Crippen LogP contribution in [0.4, 0.5) is 0 Å². The van der Waals surface area contributed by atoms with Gasteiger partial charge in [0.15, 0.2) is 5.96 Å². The second-order valence-electron chi connectivity index (χ2n) is 6.70. The SMILES string of the molecule is CCNC(=NCCCN1CCCC1)NCCc1c[nH]c2ccccc12.I.